The van der Waals surface area contributed by atoms with Crippen LogP contribution in [-0.2, 0) is 7.05 Å². The number of carbonyl (C=O) groups is 1. The topological polar surface area (TPSA) is 46.5 Å². The summed E-state index contributed by atoms with van der Waals surface area (Å²) in [5.74, 6) is 0.523. The second-order valence-electron chi connectivity index (χ2n) is 6.75. The molecule has 0 aliphatic carbocycles. The minimum Gasteiger partial charge on any atom is -0.497 e. The minimum absolute atomic E-state index is 0.0597. The highest BCUT2D eigenvalue weighted by molar-refractivity contribution is 9.10. The van der Waals surface area contributed by atoms with E-state index in [2.05, 4.69) is 49.0 Å². The lowest BCUT2D eigenvalue weighted by molar-refractivity contribution is 0.0941. The molecule has 27 heavy (non-hydrogen) atoms. The average molecular weight is 430 g/mol. The summed E-state index contributed by atoms with van der Waals surface area (Å²) < 4.78 is 8.10. The number of aromatic nitrogens is 1. The quantitative estimate of drug-likeness (QED) is 0.644. The van der Waals surface area contributed by atoms with E-state index in [9.17, 15) is 4.79 Å². The molecule has 3 aromatic rings. The molecular weight excluding hydrogens is 406 g/mol. The molecule has 0 fully saturated rings. The Kier molecular flexibility index (Phi) is 5.87. The standard InChI is InChI=1S/C21H24BrN3O2/c1-24(2)20(17-13-25(3)19-8-6-5-7-15(17)19)12-23-21(26)16-11-14(27-4)9-10-18(16)22/h5-11,13,20H,12H2,1-4H3,(H,23,26). The Bertz CT molecular complexity index is 965. The minimum atomic E-state index is -0.132. The van der Waals surface area contributed by atoms with E-state index < -0.39 is 0 Å². The Morgan fingerprint density at radius 2 is 2.00 bits per heavy atom. The monoisotopic (exact) mass is 429 g/mol. The second kappa shape index (κ2) is 8.15. The fourth-order valence-electron chi connectivity index (χ4n) is 3.30. The summed E-state index contributed by atoms with van der Waals surface area (Å²) in [5, 5.41) is 4.27. The predicted octanol–water partition coefficient (Wildman–Crippen LogP) is 3.98. The Morgan fingerprint density at radius 1 is 1.26 bits per heavy atom. The fraction of sp³-hybridized carbons (Fsp3) is 0.286. The summed E-state index contributed by atoms with van der Waals surface area (Å²) in [6.45, 7) is 0.503. The van der Waals surface area contributed by atoms with Crippen LogP contribution in [0.2, 0.25) is 0 Å². The van der Waals surface area contributed by atoms with Gasteiger partial charge in [0.2, 0.25) is 0 Å². The third-order valence-corrected chi connectivity index (χ3v) is 5.48. The van der Waals surface area contributed by atoms with Crippen LogP contribution in [0.5, 0.6) is 5.75 Å². The Labute approximate surface area is 168 Å². The lowest BCUT2D eigenvalue weighted by Gasteiger charge is -2.24. The summed E-state index contributed by atoms with van der Waals surface area (Å²) in [5.41, 5.74) is 2.94. The van der Waals surface area contributed by atoms with Gasteiger partial charge < -0.3 is 19.5 Å². The van der Waals surface area contributed by atoms with Crippen molar-refractivity contribution in [3.63, 3.8) is 0 Å². The SMILES string of the molecule is COc1ccc(Br)c(C(=O)NCC(c2cn(C)c3ccccc23)N(C)C)c1. The van der Waals surface area contributed by atoms with E-state index in [0.29, 0.717) is 17.9 Å². The highest BCUT2D eigenvalue weighted by Gasteiger charge is 2.21. The van der Waals surface area contributed by atoms with Gasteiger partial charge in [-0.05, 0) is 59.9 Å². The molecule has 5 nitrogen and oxygen atoms in total. The van der Waals surface area contributed by atoms with Crippen molar-refractivity contribution < 1.29 is 9.53 Å². The molecule has 1 heterocycles. The first-order valence-corrected chi connectivity index (χ1v) is 9.53. The number of nitrogens with one attached hydrogen (secondary N) is 1. The molecule has 0 saturated carbocycles. The van der Waals surface area contributed by atoms with Gasteiger partial charge >= 0.3 is 0 Å². The highest BCUT2D eigenvalue weighted by Crippen LogP contribution is 2.28. The number of amides is 1. The molecule has 0 radical (unpaired) electrons. The zero-order valence-electron chi connectivity index (χ0n) is 16.0. The summed E-state index contributed by atoms with van der Waals surface area (Å²) in [6.07, 6.45) is 2.14. The van der Waals surface area contributed by atoms with E-state index in [1.165, 1.54) is 16.5 Å². The first kappa shape index (κ1) is 19.5. The zero-order chi connectivity index (χ0) is 19.6. The van der Waals surface area contributed by atoms with Gasteiger partial charge in [0.1, 0.15) is 5.75 Å². The molecule has 0 aliphatic heterocycles. The smallest absolute Gasteiger partial charge is 0.252 e. The molecule has 1 N–H and O–H groups in total. The van der Waals surface area contributed by atoms with E-state index in [0.717, 1.165) is 4.47 Å². The number of hydrogen-bond acceptors (Lipinski definition) is 3. The number of para-hydroxylation sites is 1. The van der Waals surface area contributed by atoms with Crippen molar-refractivity contribution >= 4 is 32.7 Å². The van der Waals surface area contributed by atoms with Gasteiger partial charge in [-0.2, -0.15) is 0 Å². The fourth-order valence-corrected chi connectivity index (χ4v) is 3.73. The number of nitrogens with zero attached hydrogens (tertiary/aromatic N) is 2. The predicted molar refractivity (Wildman–Crippen MR) is 112 cm³/mol. The van der Waals surface area contributed by atoms with Gasteiger partial charge in [-0.15, -0.1) is 0 Å². The van der Waals surface area contributed by atoms with Crippen molar-refractivity contribution in [1.29, 1.82) is 0 Å². The van der Waals surface area contributed by atoms with Gasteiger partial charge in [0.15, 0.2) is 0 Å². The van der Waals surface area contributed by atoms with Crippen LogP contribution in [0.25, 0.3) is 10.9 Å². The molecule has 0 bridgehead atoms. The largest absolute Gasteiger partial charge is 0.497 e. The number of fused-ring (bicyclic) bond motifs is 1. The van der Waals surface area contributed by atoms with Gasteiger partial charge in [0.05, 0.1) is 18.7 Å². The highest BCUT2D eigenvalue weighted by atomic mass is 79.9. The molecule has 0 aliphatic rings. The number of ether oxygens (including phenoxy) is 1. The van der Waals surface area contributed by atoms with Gasteiger partial charge in [-0.3, -0.25) is 4.79 Å². The number of halogens is 1. The van der Waals surface area contributed by atoms with Gasteiger partial charge in [0.25, 0.3) is 5.91 Å². The normalized spacial score (nSPS) is 12.4. The maximum absolute atomic E-state index is 12.7. The number of likely N-dealkylation sites (N-methyl/N-ethyl adjacent to an activating group) is 1. The maximum Gasteiger partial charge on any atom is 0.252 e. The van der Waals surface area contributed by atoms with Crippen molar-refractivity contribution in [2.24, 2.45) is 7.05 Å². The average Bonchev–Trinajstić information content (AvgIpc) is 2.99. The molecule has 142 valence electrons. The summed E-state index contributed by atoms with van der Waals surface area (Å²) in [7, 11) is 7.69. The number of benzene rings is 2. The zero-order valence-corrected chi connectivity index (χ0v) is 17.6. The summed E-state index contributed by atoms with van der Waals surface area (Å²) in [6, 6.07) is 13.8. The van der Waals surface area contributed by atoms with Crippen LogP contribution in [0.1, 0.15) is 22.0 Å². The molecule has 2 aromatic carbocycles. The molecule has 1 unspecified atom stereocenters. The molecule has 1 aromatic heterocycles. The van der Waals surface area contributed by atoms with E-state index in [4.69, 9.17) is 4.74 Å². The molecular formula is C21H24BrN3O2. The molecule has 6 heteroatoms. The van der Waals surface area contributed by atoms with E-state index >= 15 is 0 Å². The first-order valence-electron chi connectivity index (χ1n) is 8.74. The number of methoxy groups -OCH3 is 1. The van der Waals surface area contributed by atoms with Gasteiger partial charge in [-0.25, -0.2) is 0 Å². The summed E-state index contributed by atoms with van der Waals surface area (Å²) >= 11 is 3.45. The molecule has 1 amide bonds. The third kappa shape index (κ3) is 4.01. The molecule has 0 saturated heterocycles. The van der Waals surface area contributed by atoms with E-state index in [1.54, 1.807) is 13.2 Å². The second-order valence-corrected chi connectivity index (χ2v) is 7.60. The van der Waals surface area contributed by atoms with Crippen LogP contribution in [0.4, 0.5) is 0 Å². The van der Waals surface area contributed by atoms with Crippen molar-refractivity contribution in [2.45, 2.75) is 6.04 Å². The lowest BCUT2D eigenvalue weighted by atomic mass is 10.0. The molecule has 1 atom stereocenters. The maximum atomic E-state index is 12.7. The van der Waals surface area contributed by atoms with Crippen LogP contribution in [0.15, 0.2) is 53.1 Å². The van der Waals surface area contributed by atoms with Crippen molar-refractivity contribution in [2.75, 3.05) is 27.7 Å². The van der Waals surface area contributed by atoms with Crippen LogP contribution >= 0.6 is 15.9 Å². The van der Waals surface area contributed by atoms with Crippen molar-refractivity contribution in [1.82, 2.24) is 14.8 Å². The number of carbonyl (C=O) groups excluding carboxylic acids is 1. The van der Waals surface area contributed by atoms with E-state index in [-0.39, 0.29) is 11.9 Å². The Morgan fingerprint density at radius 3 is 2.70 bits per heavy atom. The number of hydrogen-bond donors (Lipinski definition) is 1. The van der Waals surface area contributed by atoms with Crippen LogP contribution in [0.3, 0.4) is 0 Å². The number of aryl methyl sites for hydroxylation is 1. The molecule has 3 rings (SSSR count). The van der Waals surface area contributed by atoms with E-state index in [1.807, 2.05) is 45.4 Å². The lowest BCUT2D eigenvalue weighted by Crippen LogP contribution is -2.34. The molecule has 0 spiro atoms. The Balaban J connectivity index is 1.84. The number of rotatable bonds is 6. The van der Waals surface area contributed by atoms with Crippen LogP contribution in [-0.4, -0.2) is 43.1 Å². The van der Waals surface area contributed by atoms with Crippen molar-refractivity contribution in [3.05, 3.63) is 64.3 Å². The summed E-state index contributed by atoms with van der Waals surface area (Å²) in [4.78, 5) is 14.9. The van der Waals surface area contributed by atoms with Gasteiger partial charge in [-0.1, -0.05) is 18.2 Å². The van der Waals surface area contributed by atoms with Crippen LogP contribution in [0, 0.1) is 0 Å². The van der Waals surface area contributed by atoms with Gasteiger partial charge in [0, 0.05) is 35.2 Å². The first-order chi connectivity index (χ1) is 12.9. The Hall–Kier alpha value is -2.31. The van der Waals surface area contributed by atoms with Crippen molar-refractivity contribution in [3.8, 4) is 5.75 Å². The third-order valence-electron chi connectivity index (χ3n) is 4.78. The van der Waals surface area contributed by atoms with Crippen LogP contribution < -0.4 is 10.1 Å².